The van der Waals surface area contributed by atoms with E-state index in [1.165, 1.54) is 31.0 Å². The van der Waals surface area contributed by atoms with Crippen LogP contribution in [0.15, 0.2) is 0 Å². The maximum absolute atomic E-state index is 11.4. The first-order chi connectivity index (χ1) is 8.43. The summed E-state index contributed by atoms with van der Waals surface area (Å²) < 4.78 is 9.68. The summed E-state index contributed by atoms with van der Waals surface area (Å²) in [5.41, 5.74) is 0. The second kappa shape index (κ2) is 9.18. The van der Waals surface area contributed by atoms with Crippen molar-refractivity contribution in [1.82, 2.24) is 4.90 Å². The fourth-order valence-electron chi connectivity index (χ4n) is 1.30. The van der Waals surface area contributed by atoms with Gasteiger partial charge in [-0.15, -0.1) is 0 Å². The molecular formula is C11H21NO5S. The SMILES string of the molecule is CCSOCN(C(C)=O)C(C)C(O)CC(=O)OC. The molecule has 0 aliphatic heterocycles. The lowest BCUT2D eigenvalue weighted by Gasteiger charge is -2.30. The van der Waals surface area contributed by atoms with Crippen LogP contribution in [0.3, 0.4) is 0 Å². The highest BCUT2D eigenvalue weighted by molar-refractivity contribution is 7.94. The second-order valence-electron chi connectivity index (χ2n) is 3.73. The molecule has 18 heavy (non-hydrogen) atoms. The van der Waals surface area contributed by atoms with Crippen LogP contribution in [0.25, 0.3) is 0 Å². The third kappa shape index (κ3) is 6.23. The minimum atomic E-state index is -0.975. The Morgan fingerprint density at radius 2 is 2.06 bits per heavy atom. The number of carbonyl (C=O) groups is 2. The van der Waals surface area contributed by atoms with Crippen LogP contribution in [0.5, 0.6) is 0 Å². The largest absolute Gasteiger partial charge is 0.469 e. The lowest BCUT2D eigenvalue weighted by atomic mass is 10.1. The highest BCUT2D eigenvalue weighted by Gasteiger charge is 2.26. The number of ether oxygens (including phenoxy) is 1. The van der Waals surface area contributed by atoms with Gasteiger partial charge in [-0.1, -0.05) is 6.92 Å². The van der Waals surface area contributed by atoms with E-state index in [9.17, 15) is 14.7 Å². The standard InChI is InChI=1S/C11H21NO5S/c1-5-18-17-7-12(9(3)13)8(2)10(14)6-11(15)16-4/h8,10,14H,5-7H2,1-4H3. The maximum atomic E-state index is 11.4. The molecule has 7 heteroatoms. The fraction of sp³-hybridized carbons (Fsp3) is 0.818. The Labute approximate surface area is 112 Å². The highest BCUT2D eigenvalue weighted by Crippen LogP contribution is 2.11. The molecule has 1 N–H and O–H groups in total. The van der Waals surface area contributed by atoms with Crippen molar-refractivity contribution in [3.8, 4) is 0 Å². The third-order valence-electron chi connectivity index (χ3n) is 2.45. The van der Waals surface area contributed by atoms with Crippen LogP contribution in [-0.2, 0) is 18.5 Å². The summed E-state index contributed by atoms with van der Waals surface area (Å²) >= 11 is 1.23. The molecule has 2 unspecified atom stereocenters. The van der Waals surface area contributed by atoms with Crippen molar-refractivity contribution in [2.45, 2.75) is 39.3 Å². The van der Waals surface area contributed by atoms with Gasteiger partial charge in [0.15, 0.2) is 0 Å². The highest BCUT2D eigenvalue weighted by atomic mass is 32.2. The molecule has 0 aliphatic rings. The number of aliphatic hydroxyl groups excluding tert-OH is 1. The lowest BCUT2D eigenvalue weighted by Crippen LogP contribution is -2.45. The first-order valence-electron chi connectivity index (χ1n) is 5.70. The number of methoxy groups -OCH3 is 1. The van der Waals surface area contributed by atoms with E-state index in [1.54, 1.807) is 6.92 Å². The average Bonchev–Trinajstić information content (AvgIpc) is 2.33. The average molecular weight is 279 g/mol. The number of carbonyl (C=O) groups excluding carboxylic acids is 2. The lowest BCUT2D eigenvalue weighted by molar-refractivity contribution is -0.147. The van der Waals surface area contributed by atoms with Crippen molar-refractivity contribution in [3.63, 3.8) is 0 Å². The zero-order chi connectivity index (χ0) is 14.1. The van der Waals surface area contributed by atoms with E-state index >= 15 is 0 Å². The van der Waals surface area contributed by atoms with Gasteiger partial charge in [0, 0.05) is 12.7 Å². The fourth-order valence-corrected chi connectivity index (χ4v) is 1.66. The van der Waals surface area contributed by atoms with E-state index in [0.717, 1.165) is 5.75 Å². The summed E-state index contributed by atoms with van der Waals surface area (Å²) in [6.45, 7) is 5.06. The van der Waals surface area contributed by atoms with Crippen LogP contribution in [-0.4, -0.2) is 53.6 Å². The van der Waals surface area contributed by atoms with E-state index in [4.69, 9.17) is 4.18 Å². The molecule has 0 aromatic heterocycles. The van der Waals surface area contributed by atoms with Crippen molar-refractivity contribution in [2.75, 3.05) is 19.6 Å². The number of hydrogen-bond acceptors (Lipinski definition) is 6. The molecular weight excluding hydrogens is 258 g/mol. The topological polar surface area (TPSA) is 76.1 Å². The van der Waals surface area contributed by atoms with Crippen molar-refractivity contribution in [2.24, 2.45) is 0 Å². The quantitative estimate of drug-likeness (QED) is 0.306. The van der Waals surface area contributed by atoms with E-state index in [-0.39, 0.29) is 19.1 Å². The molecule has 0 rings (SSSR count). The van der Waals surface area contributed by atoms with Gasteiger partial charge in [0.05, 0.1) is 25.7 Å². The van der Waals surface area contributed by atoms with Crippen molar-refractivity contribution >= 4 is 23.9 Å². The van der Waals surface area contributed by atoms with Gasteiger partial charge in [-0.3, -0.25) is 13.8 Å². The molecule has 0 aromatic rings. The molecule has 0 fully saturated rings. The Hall–Kier alpha value is -0.790. The molecule has 0 spiro atoms. The van der Waals surface area contributed by atoms with Gasteiger partial charge in [0.2, 0.25) is 5.91 Å². The van der Waals surface area contributed by atoms with E-state index < -0.39 is 18.1 Å². The van der Waals surface area contributed by atoms with Crippen molar-refractivity contribution in [1.29, 1.82) is 0 Å². The van der Waals surface area contributed by atoms with Crippen LogP contribution in [0.2, 0.25) is 0 Å². The van der Waals surface area contributed by atoms with Gasteiger partial charge in [0.1, 0.15) is 6.73 Å². The summed E-state index contributed by atoms with van der Waals surface area (Å²) in [4.78, 5) is 23.9. The molecule has 0 aliphatic carbocycles. The number of rotatable bonds is 8. The molecule has 2 atom stereocenters. The molecule has 1 amide bonds. The summed E-state index contributed by atoms with van der Waals surface area (Å²) in [5.74, 6) is 0.0370. The van der Waals surface area contributed by atoms with Crippen LogP contribution < -0.4 is 0 Å². The smallest absolute Gasteiger partial charge is 0.308 e. The molecule has 0 radical (unpaired) electrons. The predicted octanol–water partition coefficient (Wildman–Crippen LogP) is 0.790. The summed E-state index contributed by atoms with van der Waals surface area (Å²) in [7, 11) is 1.25. The normalized spacial score (nSPS) is 13.8. The molecule has 106 valence electrons. The Morgan fingerprint density at radius 3 is 2.50 bits per heavy atom. The monoisotopic (exact) mass is 279 g/mol. The summed E-state index contributed by atoms with van der Waals surface area (Å²) in [6, 6.07) is -0.515. The Bertz CT molecular complexity index is 274. The minimum Gasteiger partial charge on any atom is -0.469 e. The number of amides is 1. The second-order valence-corrected chi connectivity index (χ2v) is 4.78. The summed E-state index contributed by atoms with van der Waals surface area (Å²) in [5, 5.41) is 9.84. The number of esters is 1. The van der Waals surface area contributed by atoms with Crippen LogP contribution in [0, 0.1) is 0 Å². The van der Waals surface area contributed by atoms with Gasteiger partial charge in [0.25, 0.3) is 0 Å². The van der Waals surface area contributed by atoms with Gasteiger partial charge in [-0.05, 0) is 19.0 Å². The molecule has 0 saturated carbocycles. The first-order valence-corrected chi connectivity index (χ1v) is 6.61. The zero-order valence-corrected chi connectivity index (χ0v) is 12.0. The molecule has 0 heterocycles. The Balaban J connectivity index is 4.40. The van der Waals surface area contributed by atoms with Gasteiger partial charge in [-0.2, -0.15) is 0 Å². The van der Waals surface area contributed by atoms with Gasteiger partial charge in [-0.25, -0.2) is 0 Å². The Morgan fingerprint density at radius 1 is 1.44 bits per heavy atom. The Kier molecular flexibility index (Phi) is 8.78. The van der Waals surface area contributed by atoms with E-state index in [2.05, 4.69) is 4.74 Å². The zero-order valence-electron chi connectivity index (χ0n) is 11.2. The van der Waals surface area contributed by atoms with Gasteiger partial charge >= 0.3 is 5.97 Å². The molecule has 0 aromatic carbocycles. The van der Waals surface area contributed by atoms with Crippen LogP contribution in [0.1, 0.15) is 27.2 Å². The van der Waals surface area contributed by atoms with Crippen molar-refractivity contribution < 1.29 is 23.6 Å². The maximum Gasteiger partial charge on any atom is 0.308 e. The number of hydrogen-bond donors (Lipinski definition) is 1. The van der Waals surface area contributed by atoms with Gasteiger partial charge < -0.3 is 14.7 Å². The molecule has 0 bridgehead atoms. The summed E-state index contributed by atoms with van der Waals surface area (Å²) in [6.07, 6.45) is -1.13. The van der Waals surface area contributed by atoms with Crippen LogP contribution >= 0.6 is 12.0 Å². The third-order valence-corrected chi connectivity index (χ3v) is 2.96. The number of aliphatic hydroxyl groups is 1. The van der Waals surface area contributed by atoms with Crippen molar-refractivity contribution in [3.05, 3.63) is 0 Å². The van der Waals surface area contributed by atoms with Crippen LogP contribution in [0.4, 0.5) is 0 Å². The predicted molar refractivity (Wildman–Crippen MR) is 68.7 cm³/mol. The molecule has 0 saturated heterocycles. The van der Waals surface area contributed by atoms with E-state index in [0.29, 0.717) is 0 Å². The minimum absolute atomic E-state index is 0.0766. The number of nitrogens with zero attached hydrogens (tertiary/aromatic N) is 1. The first kappa shape index (κ1) is 17.2. The van der Waals surface area contributed by atoms with E-state index in [1.807, 2.05) is 6.92 Å². The molecule has 6 nitrogen and oxygen atoms in total.